The average Bonchev–Trinajstić information content (AvgIpc) is 3.37. The number of amides is 1. The molecule has 0 fully saturated rings. The second kappa shape index (κ2) is 12.1. The number of imidazole rings is 1. The number of carbonyl (C=O) groups excluding carboxylic acids is 1. The smallest absolute Gasteiger partial charge is 0.241 e. The molecule has 0 saturated heterocycles. The number of carbonyl (C=O) groups is 1. The van der Waals surface area contributed by atoms with E-state index in [0.29, 0.717) is 23.5 Å². The number of sulfonamides is 1. The van der Waals surface area contributed by atoms with Crippen LogP contribution in [0, 0.1) is 18.6 Å². The lowest BCUT2D eigenvalue weighted by Crippen LogP contribution is -2.34. The molecule has 1 aliphatic rings. The monoisotopic (exact) mass is 592 g/mol. The van der Waals surface area contributed by atoms with E-state index in [9.17, 15) is 22.0 Å². The van der Waals surface area contributed by atoms with E-state index in [1.165, 1.54) is 6.07 Å². The van der Waals surface area contributed by atoms with Gasteiger partial charge in [-0.15, -0.1) is 0 Å². The van der Waals surface area contributed by atoms with Gasteiger partial charge in [0.2, 0.25) is 15.9 Å². The maximum Gasteiger partial charge on any atom is 0.241 e. The molecule has 10 heteroatoms. The molecular weight excluding hydrogens is 558 g/mol. The number of halogens is 2. The maximum atomic E-state index is 13.9. The summed E-state index contributed by atoms with van der Waals surface area (Å²) in [6.45, 7) is 3.89. The van der Waals surface area contributed by atoms with Crippen LogP contribution in [0.5, 0.6) is 0 Å². The summed E-state index contributed by atoms with van der Waals surface area (Å²) in [5, 5.41) is 0. The van der Waals surface area contributed by atoms with Gasteiger partial charge in [0, 0.05) is 37.6 Å². The van der Waals surface area contributed by atoms with Crippen LogP contribution in [0.3, 0.4) is 0 Å². The van der Waals surface area contributed by atoms with Crippen molar-refractivity contribution in [2.24, 2.45) is 7.05 Å². The van der Waals surface area contributed by atoms with Gasteiger partial charge in [-0.1, -0.05) is 36.8 Å². The summed E-state index contributed by atoms with van der Waals surface area (Å²) in [5.74, 6) is -1.81. The Morgan fingerprint density at radius 2 is 1.86 bits per heavy atom. The normalized spacial score (nSPS) is 15.7. The Bertz CT molecular complexity index is 1700. The molecule has 0 saturated carbocycles. The van der Waals surface area contributed by atoms with Crippen molar-refractivity contribution in [2.75, 3.05) is 4.90 Å². The van der Waals surface area contributed by atoms with Gasteiger partial charge in [0.15, 0.2) is 11.6 Å². The highest BCUT2D eigenvalue weighted by molar-refractivity contribution is 7.89. The van der Waals surface area contributed by atoms with Crippen LogP contribution in [0.1, 0.15) is 66.2 Å². The first-order valence-corrected chi connectivity index (χ1v) is 15.4. The Morgan fingerprint density at radius 3 is 2.55 bits per heavy atom. The molecule has 2 atom stereocenters. The molecule has 1 heterocycles. The van der Waals surface area contributed by atoms with Gasteiger partial charge in [0.05, 0.1) is 11.4 Å². The standard InChI is InChI=1S/C32H34F2N4O3S/c1-21-7-12-26(13-8-21)42(40,41)36-30-6-4-5-23-9-11-25(19-27(23)30)38(20-31-35-15-16-37(31)3)32(39)17-22(2)24-10-14-28(33)29(34)18-24/h7-16,18-19,22,30,36H,4-6,17,20H2,1-3H3/t22-,30-/m1/s1. The summed E-state index contributed by atoms with van der Waals surface area (Å²) in [6.07, 6.45) is 5.77. The molecule has 42 heavy (non-hydrogen) atoms. The van der Waals surface area contributed by atoms with Gasteiger partial charge in [0.1, 0.15) is 5.82 Å². The molecule has 7 nitrogen and oxygen atoms in total. The third-order valence-corrected chi connectivity index (χ3v) is 9.39. The van der Waals surface area contributed by atoms with E-state index >= 15 is 0 Å². The maximum absolute atomic E-state index is 13.9. The summed E-state index contributed by atoms with van der Waals surface area (Å²) >= 11 is 0. The molecule has 1 amide bonds. The van der Waals surface area contributed by atoms with E-state index in [-0.39, 0.29) is 29.7 Å². The number of nitrogens with zero attached hydrogens (tertiary/aromatic N) is 3. The number of aryl methyl sites for hydroxylation is 3. The summed E-state index contributed by atoms with van der Waals surface area (Å²) in [4.78, 5) is 20.0. The fourth-order valence-corrected chi connectivity index (χ4v) is 6.62. The number of fused-ring (bicyclic) bond motifs is 1. The second-order valence-corrected chi connectivity index (χ2v) is 12.7. The van der Waals surface area contributed by atoms with Crippen LogP contribution in [-0.4, -0.2) is 23.9 Å². The summed E-state index contributed by atoms with van der Waals surface area (Å²) in [7, 11) is -1.92. The highest BCUT2D eigenvalue weighted by Crippen LogP contribution is 2.35. The van der Waals surface area contributed by atoms with E-state index in [4.69, 9.17) is 0 Å². The molecule has 4 aromatic rings. The Kier molecular flexibility index (Phi) is 8.56. The minimum atomic E-state index is -3.77. The Balaban J connectivity index is 1.46. The Hall–Kier alpha value is -3.89. The van der Waals surface area contributed by atoms with Crippen LogP contribution < -0.4 is 9.62 Å². The summed E-state index contributed by atoms with van der Waals surface area (Å²) in [5.41, 5.74) is 3.97. The van der Waals surface area contributed by atoms with Crippen molar-refractivity contribution in [3.05, 3.63) is 113 Å². The molecule has 0 bridgehead atoms. The topological polar surface area (TPSA) is 84.3 Å². The molecule has 0 radical (unpaired) electrons. The zero-order valence-electron chi connectivity index (χ0n) is 23.8. The van der Waals surface area contributed by atoms with E-state index in [1.807, 2.05) is 36.7 Å². The highest BCUT2D eigenvalue weighted by Gasteiger charge is 2.28. The van der Waals surface area contributed by atoms with Gasteiger partial charge in [-0.25, -0.2) is 26.9 Å². The summed E-state index contributed by atoms with van der Waals surface area (Å²) in [6, 6.07) is 15.7. The van der Waals surface area contributed by atoms with Gasteiger partial charge >= 0.3 is 0 Å². The SMILES string of the molecule is Cc1ccc(S(=O)(=O)N[C@@H]2CCCc3ccc(N(Cc4nccn4C)C(=O)C[C@@H](C)c4ccc(F)c(F)c4)cc32)cc1. The number of nitrogens with one attached hydrogen (secondary N) is 1. The third kappa shape index (κ3) is 6.44. The molecule has 1 aliphatic carbocycles. The fourth-order valence-electron chi connectivity index (χ4n) is 5.37. The van der Waals surface area contributed by atoms with Gasteiger partial charge in [-0.05, 0) is 85.2 Å². The van der Waals surface area contributed by atoms with Crippen LogP contribution in [-0.2, 0) is 34.8 Å². The number of benzene rings is 3. The lowest BCUT2D eigenvalue weighted by molar-refractivity contribution is -0.119. The van der Waals surface area contributed by atoms with Crippen LogP contribution in [0.4, 0.5) is 14.5 Å². The zero-order valence-corrected chi connectivity index (χ0v) is 24.7. The van der Waals surface area contributed by atoms with Crippen molar-refractivity contribution in [3.8, 4) is 0 Å². The molecule has 0 aliphatic heterocycles. The highest BCUT2D eigenvalue weighted by atomic mass is 32.2. The van der Waals surface area contributed by atoms with E-state index in [1.54, 1.807) is 48.5 Å². The van der Waals surface area contributed by atoms with Gasteiger partial charge < -0.3 is 9.47 Å². The number of hydrogen-bond acceptors (Lipinski definition) is 4. The average molecular weight is 593 g/mol. The minimum absolute atomic E-state index is 0.0516. The predicted octanol–water partition coefficient (Wildman–Crippen LogP) is 6.09. The van der Waals surface area contributed by atoms with E-state index in [2.05, 4.69) is 9.71 Å². The van der Waals surface area contributed by atoms with E-state index in [0.717, 1.165) is 41.7 Å². The molecule has 0 spiro atoms. The van der Waals surface area contributed by atoms with E-state index < -0.39 is 27.7 Å². The summed E-state index contributed by atoms with van der Waals surface area (Å²) < 4.78 is 58.7. The lowest BCUT2D eigenvalue weighted by Gasteiger charge is -2.30. The number of aromatic nitrogens is 2. The van der Waals surface area contributed by atoms with Crippen molar-refractivity contribution in [1.29, 1.82) is 0 Å². The molecule has 220 valence electrons. The lowest BCUT2D eigenvalue weighted by atomic mass is 9.87. The molecule has 0 unspecified atom stereocenters. The number of hydrogen-bond donors (Lipinski definition) is 1. The van der Waals surface area contributed by atoms with Gasteiger partial charge in [0.25, 0.3) is 0 Å². The largest absolute Gasteiger partial charge is 0.337 e. The van der Waals surface area contributed by atoms with Crippen molar-refractivity contribution < 1.29 is 22.0 Å². The Labute approximate surface area is 245 Å². The van der Waals surface area contributed by atoms with Crippen molar-refractivity contribution in [3.63, 3.8) is 0 Å². The van der Waals surface area contributed by atoms with Gasteiger partial charge in [-0.2, -0.15) is 0 Å². The van der Waals surface area contributed by atoms with Crippen molar-refractivity contribution in [1.82, 2.24) is 14.3 Å². The van der Waals surface area contributed by atoms with Crippen LogP contribution in [0.15, 0.2) is 78.0 Å². The molecule has 3 aromatic carbocycles. The zero-order chi connectivity index (χ0) is 30.0. The Morgan fingerprint density at radius 1 is 1.10 bits per heavy atom. The molecular formula is C32H34F2N4O3S. The second-order valence-electron chi connectivity index (χ2n) is 11.0. The quantitative estimate of drug-likeness (QED) is 0.255. The predicted molar refractivity (Wildman–Crippen MR) is 157 cm³/mol. The van der Waals surface area contributed by atoms with Gasteiger partial charge in [-0.3, -0.25) is 4.79 Å². The van der Waals surface area contributed by atoms with Crippen LogP contribution >= 0.6 is 0 Å². The third-order valence-electron chi connectivity index (χ3n) is 7.90. The molecule has 1 N–H and O–H groups in total. The van der Waals surface area contributed by atoms with Crippen molar-refractivity contribution >= 4 is 21.6 Å². The number of rotatable bonds is 9. The molecule has 5 rings (SSSR count). The van der Waals surface area contributed by atoms with Crippen LogP contribution in [0.2, 0.25) is 0 Å². The first-order chi connectivity index (χ1) is 20.0. The fraction of sp³-hybridized carbons (Fsp3) is 0.312. The van der Waals surface area contributed by atoms with Crippen molar-refractivity contribution in [2.45, 2.75) is 62.9 Å². The van der Waals surface area contributed by atoms with Crippen LogP contribution in [0.25, 0.3) is 0 Å². The molecule has 1 aromatic heterocycles. The minimum Gasteiger partial charge on any atom is -0.337 e. The first-order valence-electron chi connectivity index (χ1n) is 13.9. The number of anilines is 1. The first kappa shape index (κ1) is 29.6.